The Bertz CT molecular complexity index is 1260. The number of alkyl halides is 3. The minimum atomic E-state index is -4.52. The monoisotopic (exact) mass is 542 g/mol. The number of halogens is 3. The van der Waals surface area contributed by atoms with Crippen LogP contribution in [0.25, 0.3) is 0 Å². The van der Waals surface area contributed by atoms with Crippen LogP contribution in [0.2, 0.25) is 0 Å². The number of carbonyl (C=O) groups is 1. The van der Waals surface area contributed by atoms with Crippen LogP contribution in [0.5, 0.6) is 0 Å². The van der Waals surface area contributed by atoms with Crippen molar-refractivity contribution in [2.45, 2.75) is 38.9 Å². The molecule has 0 aromatic heterocycles. The minimum absolute atomic E-state index is 0.139. The molecule has 2 aliphatic rings. The molecule has 1 saturated heterocycles. The van der Waals surface area contributed by atoms with E-state index in [1.165, 1.54) is 17.8 Å². The van der Waals surface area contributed by atoms with Crippen LogP contribution in [0, 0.1) is 11.3 Å². The number of likely N-dealkylation sites (tertiary alicyclic amines) is 1. The van der Waals surface area contributed by atoms with E-state index in [1.54, 1.807) is 49.1 Å². The van der Waals surface area contributed by atoms with Gasteiger partial charge in [0.1, 0.15) is 6.04 Å². The first-order valence-electron chi connectivity index (χ1n) is 12.5. The summed E-state index contributed by atoms with van der Waals surface area (Å²) in [5.74, 6) is 0.109. The molecule has 0 N–H and O–H groups in total. The molecule has 2 heterocycles. The van der Waals surface area contributed by atoms with Crippen molar-refractivity contribution in [3.8, 4) is 6.07 Å². The number of benzene rings is 2. The number of hydrogen-bond donors (Lipinski definition) is 0. The summed E-state index contributed by atoms with van der Waals surface area (Å²) in [6.45, 7) is 6.43. The van der Waals surface area contributed by atoms with Gasteiger partial charge in [-0.05, 0) is 75.7 Å². The van der Waals surface area contributed by atoms with Gasteiger partial charge in [-0.2, -0.15) is 18.4 Å². The number of esters is 1. The van der Waals surface area contributed by atoms with Crippen LogP contribution in [-0.2, 0) is 15.7 Å². The number of nitriles is 1. The quantitative estimate of drug-likeness (QED) is 0.391. The molecule has 0 radical (unpaired) electrons. The number of allylic oxidation sites excluding steroid dienone is 1. The van der Waals surface area contributed by atoms with E-state index in [2.05, 4.69) is 11.0 Å². The molecule has 6 nitrogen and oxygen atoms in total. The molecule has 38 heavy (non-hydrogen) atoms. The number of aliphatic imine (C=N–C) groups is 1. The van der Waals surface area contributed by atoms with Crippen molar-refractivity contribution in [1.82, 2.24) is 4.90 Å². The zero-order valence-electron chi connectivity index (χ0n) is 21.3. The summed E-state index contributed by atoms with van der Waals surface area (Å²) < 4.78 is 46.1. The Morgan fingerprint density at radius 1 is 1.18 bits per heavy atom. The van der Waals surface area contributed by atoms with E-state index in [-0.39, 0.29) is 17.9 Å². The molecule has 4 rings (SSSR count). The number of hydrogen-bond acceptors (Lipinski definition) is 7. The van der Waals surface area contributed by atoms with Crippen molar-refractivity contribution >= 4 is 28.6 Å². The van der Waals surface area contributed by atoms with Gasteiger partial charge in [-0.1, -0.05) is 30.0 Å². The van der Waals surface area contributed by atoms with Gasteiger partial charge in [0.25, 0.3) is 0 Å². The van der Waals surface area contributed by atoms with Crippen molar-refractivity contribution in [1.29, 1.82) is 5.26 Å². The van der Waals surface area contributed by atoms with E-state index < -0.39 is 23.8 Å². The van der Waals surface area contributed by atoms with E-state index in [1.807, 2.05) is 0 Å². The van der Waals surface area contributed by atoms with E-state index in [0.717, 1.165) is 44.6 Å². The zero-order chi connectivity index (χ0) is 27.3. The first-order chi connectivity index (χ1) is 18.2. The van der Waals surface area contributed by atoms with E-state index >= 15 is 0 Å². The largest absolute Gasteiger partial charge is 0.463 e. The lowest BCUT2D eigenvalue weighted by Crippen LogP contribution is -2.36. The van der Waals surface area contributed by atoms with Crippen LogP contribution in [0.15, 0.2) is 64.8 Å². The smallest absolute Gasteiger partial charge is 0.416 e. The van der Waals surface area contributed by atoms with Gasteiger partial charge < -0.3 is 9.64 Å². The van der Waals surface area contributed by atoms with Crippen LogP contribution < -0.4 is 4.90 Å². The van der Waals surface area contributed by atoms with Crippen molar-refractivity contribution in [2.75, 3.05) is 36.9 Å². The predicted molar refractivity (Wildman–Crippen MR) is 143 cm³/mol. The first-order valence-corrected chi connectivity index (χ1v) is 13.5. The van der Waals surface area contributed by atoms with E-state index in [0.29, 0.717) is 27.7 Å². The SMILES string of the molecule is CCOC(=O)C1=C(C)N(c2cccc(C(F)(F)F)c2)C(SCCN2CCCC2)=NC1c1ccc(C#N)cc1. The molecule has 2 aliphatic heterocycles. The maximum absolute atomic E-state index is 13.6. The fraction of sp³-hybridized carbons (Fsp3) is 0.393. The predicted octanol–water partition coefficient (Wildman–Crippen LogP) is 6.16. The molecule has 0 saturated carbocycles. The molecule has 0 spiro atoms. The zero-order valence-corrected chi connectivity index (χ0v) is 22.1. The van der Waals surface area contributed by atoms with Crippen LogP contribution >= 0.6 is 11.8 Å². The molecule has 1 atom stereocenters. The molecule has 0 amide bonds. The molecule has 0 bridgehead atoms. The Hall–Kier alpha value is -3.29. The number of anilines is 1. The van der Waals surface area contributed by atoms with Gasteiger partial charge in [-0.25, -0.2) is 9.79 Å². The average Bonchev–Trinajstić information content (AvgIpc) is 3.42. The summed E-state index contributed by atoms with van der Waals surface area (Å²) >= 11 is 1.45. The van der Waals surface area contributed by atoms with Crippen molar-refractivity contribution in [2.24, 2.45) is 4.99 Å². The van der Waals surface area contributed by atoms with Crippen molar-refractivity contribution in [3.63, 3.8) is 0 Å². The molecule has 0 aliphatic carbocycles. The van der Waals surface area contributed by atoms with Gasteiger partial charge in [0.15, 0.2) is 5.17 Å². The molecule has 10 heteroatoms. The second kappa shape index (κ2) is 12.0. The average molecular weight is 543 g/mol. The van der Waals surface area contributed by atoms with Gasteiger partial charge in [0, 0.05) is 23.7 Å². The van der Waals surface area contributed by atoms with Crippen molar-refractivity contribution in [3.05, 3.63) is 76.5 Å². The summed E-state index contributed by atoms with van der Waals surface area (Å²) in [5, 5.41) is 9.71. The van der Waals surface area contributed by atoms with Gasteiger partial charge in [-0.3, -0.25) is 4.90 Å². The third-order valence-corrected chi connectivity index (χ3v) is 7.48. The molecule has 2 aromatic carbocycles. The minimum Gasteiger partial charge on any atom is -0.463 e. The third kappa shape index (κ3) is 6.22. The lowest BCUT2D eigenvalue weighted by atomic mass is 9.95. The highest BCUT2D eigenvalue weighted by atomic mass is 32.2. The fourth-order valence-electron chi connectivity index (χ4n) is 4.64. The summed E-state index contributed by atoms with van der Waals surface area (Å²) in [6.07, 6.45) is -2.19. The van der Waals surface area contributed by atoms with E-state index in [9.17, 15) is 23.2 Å². The number of ether oxygens (including phenoxy) is 1. The molecule has 2 aromatic rings. The van der Waals surface area contributed by atoms with Gasteiger partial charge in [0.2, 0.25) is 0 Å². The van der Waals surface area contributed by atoms with Crippen molar-refractivity contribution < 1.29 is 22.7 Å². The topological polar surface area (TPSA) is 68.9 Å². The molecular formula is C28H29F3N4O2S. The third-order valence-electron chi connectivity index (χ3n) is 6.55. The van der Waals surface area contributed by atoms with Crippen LogP contribution in [0.1, 0.15) is 49.4 Å². The Kier molecular flexibility index (Phi) is 8.80. The number of carbonyl (C=O) groups excluding carboxylic acids is 1. The van der Waals surface area contributed by atoms with E-state index in [4.69, 9.17) is 9.73 Å². The number of rotatable bonds is 7. The Morgan fingerprint density at radius 3 is 2.53 bits per heavy atom. The highest BCUT2D eigenvalue weighted by Crippen LogP contribution is 2.40. The highest BCUT2D eigenvalue weighted by Gasteiger charge is 2.36. The van der Waals surface area contributed by atoms with Gasteiger partial charge in [0.05, 0.1) is 29.4 Å². The first kappa shape index (κ1) is 27.7. The lowest BCUT2D eigenvalue weighted by molar-refractivity contribution is -0.139. The second-order valence-electron chi connectivity index (χ2n) is 9.05. The Morgan fingerprint density at radius 2 is 1.89 bits per heavy atom. The lowest BCUT2D eigenvalue weighted by Gasteiger charge is -2.35. The molecular weight excluding hydrogens is 513 g/mol. The van der Waals surface area contributed by atoms with Crippen LogP contribution in [0.3, 0.4) is 0 Å². The molecule has 200 valence electrons. The highest BCUT2D eigenvalue weighted by molar-refractivity contribution is 8.14. The Balaban J connectivity index is 1.79. The fourth-order valence-corrected chi connectivity index (χ4v) is 5.73. The van der Waals surface area contributed by atoms with Crippen LogP contribution in [-0.4, -0.2) is 48.0 Å². The summed E-state index contributed by atoms with van der Waals surface area (Å²) in [7, 11) is 0. The number of amidine groups is 1. The second-order valence-corrected chi connectivity index (χ2v) is 10.1. The number of nitrogens with zero attached hydrogens (tertiary/aromatic N) is 4. The maximum atomic E-state index is 13.6. The molecule has 1 unspecified atom stereocenters. The summed E-state index contributed by atoms with van der Waals surface area (Å²) in [5.41, 5.74) is 1.35. The Labute approximate surface area is 224 Å². The normalized spacial score (nSPS) is 18.4. The summed E-state index contributed by atoms with van der Waals surface area (Å²) in [4.78, 5) is 22.1. The number of thioether (sulfide) groups is 1. The maximum Gasteiger partial charge on any atom is 0.416 e. The summed E-state index contributed by atoms with van der Waals surface area (Å²) in [6, 6.07) is 13.2. The standard InChI is InChI=1S/C28H29F3N4O2S/c1-3-37-26(36)24-19(2)35(23-8-6-7-22(17-23)28(29,30)31)27(38-16-15-34-13-4-5-14-34)33-25(24)21-11-9-20(18-32)10-12-21/h6-12,17,25H,3-5,13-16H2,1-2H3. The van der Waals surface area contributed by atoms with Gasteiger partial charge >= 0.3 is 12.1 Å². The van der Waals surface area contributed by atoms with Gasteiger partial charge in [-0.15, -0.1) is 0 Å². The molecule has 1 fully saturated rings. The van der Waals surface area contributed by atoms with Crippen LogP contribution in [0.4, 0.5) is 18.9 Å².